The Kier molecular flexibility index (Phi) is 12.8. The predicted molar refractivity (Wildman–Crippen MR) is 259 cm³/mol. The van der Waals surface area contributed by atoms with E-state index >= 15 is 0 Å². The molecule has 296 valence electrons. The zero-order valence-electron chi connectivity index (χ0n) is 35.2. The van der Waals surface area contributed by atoms with Crippen molar-refractivity contribution < 1.29 is 0 Å². The van der Waals surface area contributed by atoms with Crippen molar-refractivity contribution in [2.75, 3.05) is 5.75 Å². The minimum absolute atomic E-state index is 0.215. The zero-order chi connectivity index (χ0) is 40.7. The van der Waals surface area contributed by atoms with Crippen LogP contribution in [-0.2, 0) is 0 Å². The summed E-state index contributed by atoms with van der Waals surface area (Å²) >= 11 is 2.10. The molecule has 4 atom stereocenters. The number of hydrogen-bond acceptors (Lipinski definition) is 1. The normalized spacial score (nSPS) is 23.0. The number of hydrogen-bond donors (Lipinski definition) is 0. The minimum Gasteiger partial charge on any atom is -0.149 e. The van der Waals surface area contributed by atoms with Gasteiger partial charge in [0.1, 0.15) is 0 Å². The Hall–Kier alpha value is -5.37. The summed E-state index contributed by atoms with van der Waals surface area (Å²) in [5, 5.41) is 0.419. The van der Waals surface area contributed by atoms with Gasteiger partial charge in [-0.25, -0.2) is 0 Å². The van der Waals surface area contributed by atoms with Crippen LogP contribution in [0.25, 0.3) is 22.3 Å². The lowest BCUT2D eigenvalue weighted by Crippen LogP contribution is -2.18. The van der Waals surface area contributed by atoms with Crippen molar-refractivity contribution in [2.24, 2.45) is 5.92 Å². The fraction of sp³-hybridized carbons (Fsp3) is 0.241. The van der Waals surface area contributed by atoms with Crippen LogP contribution in [0.1, 0.15) is 93.4 Å². The monoisotopic (exact) mass is 786 g/mol. The standard InChI is InChI=1S/C58H58S/c1-6-20-48(49-28-19-27-46(37-49)41(4)36-55(44-23-13-9-14-24-44)50(7-2)42(5)43-21-11-8-12-22-43)35-40(3)47-31-32-53-54-33-34-58(45-25-15-10-16-26-45)59-39-57(54)52-30-18-17-29-51(52)56(53)38-47/h6,8,11-13,15,17-27,29-38,49,54,57-58H,3-4,7,9-10,14,16,28,39H2,1-2,5H3. The first-order chi connectivity index (χ1) is 28.9. The van der Waals surface area contributed by atoms with Gasteiger partial charge in [0.05, 0.1) is 0 Å². The Balaban J connectivity index is 1.09. The Morgan fingerprint density at radius 1 is 0.746 bits per heavy atom. The number of fused-ring (bicyclic) bond motifs is 6. The third-order valence-corrected chi connectivity index (χ3v) is 14.0. The number of allylic oxidation sites excluding steroid dienone is 22. The van der Waals surface area contributed by atoms with Crippen LogP contribution in [0, 0.1) is 5.92 Å². The predicted octanol–water partition coefficient (Wildman–Crippen LogP) is 16.1. The van der Waals surface area contributed by atoms with Gasteiger partial charge in [-0.15, -0.1) is 11.8 Å². The second-order valence-electron chi connectivity index (χ2n) is 16.4. The Morgan fingerprint density at radius 2 is 1.53 bits per heavy atom. The average Bonchev–Trinajstić information content (AvgIpc) is 3.53. The third-order valence-electron chi connectivity index (χ3n) is 12.7. The molecule has 3 aromatic rings. The van der Waals surface area contributed by atoms with Gasteiger partial charge < -0.3 is 0 Å². The second kappa shape index (κ2) is 18.7. The fourth-order valence-corrected chi connectivity index (χ4v) is 10.9. The molecule has 0 radical (unpaired) electrons. The molecule has 1 aliphatic heterocycles. The summed E-state index contributed by atoms with van der Waals surface area (Å²) < 4.78 is 0. The lowest BCUT2D eigenvalue weighted by atomic mass is 9.71. The highest BCUT2D eigenvalue weighted by Gasteiger charge is 2.35. The fourth-order valence-electron chi connectivity index (χ4n) is 9.54. The van der Waals surface area contributed by atoms with Crippen LogP contribution in [0.3, 0.4) is 0 Å². The second-order valence-corrected chi connectivity index (χ2v) is 17.6. The summed E-state index contributed by atoms with van der Waals surface area (Å²) in [7, 11) is 0. The van der Waals surface area contributed by atoms with E-state index in [1.807, 2.05) is 0 Å². The molecular weight excluding hydrogens is 729 g/mol. The van der Waals surface area contributed by atoms with Crippen LogP contribution in [0.5, 0.6) is 0 Å². The summed E-state index contributed by atoms with van der Waals surface area (Å²) in [6.45, 7) is 16.0. The topological polar surface area (TPSA) is 0 Å². The third kappa shape index (κ3) is 8.83. The van der Waals surface area contributed by atoms with Crippen LogP contribution in [0.15, 0.2) is 216 Å². The van der Waals surface area contributed by atoms with Gasteiger partial charge in [-0.05, 0) is 148 Å². The van der Waals surface area contributed by atoms with Crippen LogP contribution in [-0.4, -0.2) is 11.0 Å². The molecule has 0 bridgehead atoms. The van der Waals surface area contributed by atoms with Gasteiger partial charge in [0.2, 0.25) is 0 Å². The lowest BCUT2D eigenvalue weighted by Gasteiger charge is -2.33. The lowest BCUT2D eigenvalue weighted by molar-refractivity contribution is 0.679. The highest BCUT2D eigenvalue weighted by atomic mass is 32.2. The van der Waals surface area contributed by atoms with E-state index in [-0.39, 0.29) is 5.92 Å². The van der Waals surface area contributed by atoms with E-state index in [1.165, 1.54) is 72.4 Å². The van der Waals surface area contributed by atoms with E-state index in [0.29, 0.717) is 17.1 Å². The maximum absolute atomic E-state index is 4.70. The van der Waals surface area contributed by atoms with Crippen LogP contribution in [0.4, 0.5) is 0 Å². The van der Waals surface area contributed by atoms with Gasteiger partial charge in [0, 0.05) is 28.8 Å². The van der Waals surface area contributed by atoms with Gasteiger partial charge in [-0.2, -0.15) is 0 Å². The van der Waals surface area contributed by atoms with Crippen LogP contribution in [0.2, 0.25) is 0 Å². The SMILES string of the molecule is C=C(C=C(C1=CCCC=C1)C(CC)=C(C)c1ccccc1)C1=CC(C(C=CC)=CC(=C)c2ccc3c(c2)-c2ccccc2C2CSC(C4=CCCC=C4)C=CC32)CC=C1. The number of thioether (sulfide) groups is 1. The van der Waals surface area contributed by atoms with Crippen molar-refractivity contribution in [3.8, 4) is 11.1 Å². The minimum atomic E-state index is 0.215. The summed E-state index contributed by atoms with van der Waals surface area (Å²) in [5.74, 6) is 2.15. The molecule has 5 aliphatic rings. The van der Waals surface area contributed by atoms with E-state index in [0.717, 1.165) is 55.4 Å². The average molecular weight is 787 g/mol. The zero-order valence-corrected chi connectivity index (χ0v) is 36.0. The molecule has 0 N–H and O–H groups in total. The molecule has 0 saturated carbocycles. The first kappa shape index (κ1) is 40.4. The largest absolute Gasteiger partial charge is 0.149 e. The highest BCUT2D eigenvalue weighted by Crippen LogP contribution is 2.51. The first-order valence-electron chi connectivity index (χ1n) is 21.8. The maximum atomic E-state index is 4.70. The van der Waals surface area contributed by atoms with Crippen LogP contribution >= 0.6 is 11.8 Å². The molecule has 0 fully saturated rings. The summed E-state index contributed by atoms with van der Waals surface area (Å²) in [5.41, 5.74) is 19.3. The van der Waals surface area contributed by atoms with Gasteiger partial charge in [0.15, 0.2) is 0 Å². The van der Waals surface area contributed by atoms with E-state index in [9.17, 15) is 0 Å². The van der Waals surface area contributed by atoms with E-state index < -0.39 is 0 Å². The quantitative estimate of drug-likeness (QED) is 0.138. The molecule has 1 heterocycles. The molecule has 0 spiro atoms. The van der Waals surface area contributed by atoms with Crippen molar-refractivity contribution in [3.05, 3.63) is 238 Å². The Morgan fingerprint density at radius 3 is 2.29 bits per heavy atom. The molecule has 0 saturated heterocycles. The van der Waals surface area contributed by atoms with Crippen LogP contribution < -0.4 is 0 Å². The molecular formula is C58H58S. The van der Waals surface area contributed by atoms with Gasteiger partial charge in [0.25, 0.3) is 0 Å². The first-order valence-corrected chi connectivity index (χ1v) is 22.8. The number of rotatable bonds is 11. The van der Waals surface area contributed by atoms with Gasteiger partial charge in [-0.3, -0.25) is 0 Å². The summed E-state index contributed by atoms with van der Waals surface area (Å²) in [6, 6.07) is 27.0. The van der Waals surface area contributed by atoms with Gasteiger partial charge in [-0.1, -0.05) is 172 Å². The van der Waals surface area contributed by atoms with E-state index in [2.05, 4.69) is 196 Å². The summed E-state index contributed by atoms with van der Waals surface area (Å²) in [6.07, 6.45) is 41.6. The highest BCUT2D eigenvalue weighted by molar-refractivity contribution is 8.00. The molecule has 1 heteroatoms. The van der Waals surface area contributed by atoms with Crippen molar-refractivity contribution in [1.82, 2.24) is 0 Å². The van der Waals surface area contributed by atoms with E-state index in [1.54, 1.807) is 0 Å². The van der Waals surface area contributed by atoms with Crippen molar-refractivity contribution in [1.29, 1.82) is 0 Å². The molecule has 0 aromatic heterocycles. The smallest absolute Gasteiger partial charge is 0.0474 e. The molecule has 3 aromatic carbocycles. The number of benzene rings is 3. The Bertz CT molecular complexity index is 2460. The molecule has 0 amide bonds. The molecule has 8 rings (SSSR count). The van der Waals surface area contributed by atoms with E-state index in [4.69, 9.17) is 13.2 Å². The Labute approximate surface area is 358 Å². The molecule has 4 aliphatic carbocycles. The van der Waals surface area contributed by atoms with Crippen molar-refractivity contribution in [3.63, 3.8) is 0 Å². The molecule has 59 heavy (non-hydrogen) atoms. The summed E-state index contributed by atoms with van der Waals surface area (Å²) in [4.78, 5) is 0. The van der Waals surface area contributed by atoms with Crippen molar-refractivity contribution in [2.45, 2.75) is 76.4 Å². The molecule has 0 nitrogen and oxygen atoms in total. The maximum Gasteiger partial charge on any atom is 0.0474 e. The van der Waals surface area contributed by atoms with Crippen molar-refractivity contribution >= 4 is 22.9 Å². The molecule has 4 unspecified atom stereocenters. The van der Waals surface area contributed by atoms with Gasteiger partial charge >= 0.3 is 0 Å².